The van der Waals surface area contributed by atoms with Crippen LogP contribution in [-0.4, -0.2) is 8.07 Å². The second-order valence-electron chi connectivity index (χ2n) is 15.1. The normalized spacial score (nSPS) is 20.3. The maximum Gasteiger partial charge on any atom is 0.0880 e. The molecule has 2 aliphatic rings. The van der Waals surface area contributed by atoms with E-state index in [0.29, 0.717) is 17.4 Å². The quantitative estimate of drug-likeness (QED) is 0.349. The number of rotatable bonds is 4. The molecule has 204 valence electrons. The Bertz CT molecular complexity index is 1360. The highest BCUT2D eigenvalue weighted by molar-refractivity contribution is 6.86. The molecule has 0 spiro atoms. The lowest BCUT2D eigenvalue weighted by atomic mass is 9.73. The van der Waals surface area contributed by atoms with Gasteiger partial charge >= 0.3 is 0 Å². The SMILES string of the molecule is CC1=C(C)C(C)C([Si](C)(C)C2C=Cc3c(-c4cc(C(C)(C)C)cc(C(C)(C)C)c4C(C)C)cccc32)=C1C. The summed E-state index contributed by atoms with van der Waals surface area (Å²) < 4.78 is 0. The van der Waals surface area contributed by atoms with E-state index in [-0.39, 0.29) is 10.8 Å². The van der Waals surface area contributed by atoms with Gasteiger partial charge in [0, 0.05) is 5.54 Å². The first kappa shape index (κ1) is 28.9. The molecule has 0 saturated heterocycles. The van der Waals surface area contributed by atoms with Crippen molar-refractivity contribution in [1.29, 1.82) is 0 Å². The van der Waals surface area contributed by atoms with Crippen LogP contribution in [0.15, 0.2) is 58.3 Å². The molecule has 4 rings (SSSR count). The number of hydrogen-bond acceptors (Lipinski definition) is 0. The molecule has 0 heterocycles. The Hall–Kier alpha value is -2.12. The standard InChI is InChI=1S/C37H52Si/c1-22(2)34-31(20-27(36(7,8)9)21-32(34)37(10,11)12)28-16-15-17-30-29(28)18-19-33(30)38(13,14)35-25(5)23(3)24(4)26(35)6/h15-22,25,33H,1-14H3. The molecule has 2 aromatic rings. The zero-order valence-corrected chi connectivity index (χ0v) is 27.8. The maximum atomic E-state index is 2.61. The molecule has 0 aromatic heterocycles. The van der Waals surface area contributed by atoms with Crippen LogP contribution in [0.2, 0.25) is 13.1 Å². The van der Waals surface area contributed by atoms with Crippen LogP contribution in [0.1, 0.15) is 122 Å². The van der Waals surface area contributed by atoms with E-state index in [1.807, 2.05) is 0 Å². The summed E-state index contributed by atoms with van der Waals surface area (Å²) in [6, 6.07) is 12.2. The zero-order valence-electron chi connectivity index (χ0n) is 26.8. The van der Waals surface area contributed by atoms with E-state index in [4.69, 9.17) is 0 Å². The van der Waals surface area contributed by atoms with Crippen molar-refractivity contribution in [2.45, 2.75) is 118 Å². The topological polar surface area (TPSA) is 0 Å². The number of benzene rings is 2. The number of allylic oxidation sites excluding steroid dienone is 5. The summed E-state index contributed by atoms with van der Waals surface area (Å²) in [5, 5.41) is 1.76. The molecule has 1 heteroatoms. The van der Waals surface area contributed by atoms with Gasteiger partial charge in [-0.05, 0) is 88.0 Å². The first-order valence-corrected chi connectivity index (χ1v) is 17.9. The van der Waals surface area contributed by atoms with E-state index < -0.39 is 8.07 Å². The van der Waals surface area contributed by atoms with Gasteiger partial charge in [-0.25, -0.2) is 0 Å². The summed E-state index contributed by atoms with van der Waals surface area (Å²) in [6.07, 6.45) is 5.03. The first-order chi connectivity index (χ1) is 17.4. The van der Waals surface area contributed by atoms with Crippen LogP contribution in [0.25, 0.3) is 17.2 Å². The zero-order chi connectivity index (χ0) is 28.5. The monoisotopic (exact) mass is 524 g/mol. The smallest absolute Gasteiger partial charge is 0.0787 e. The van der Waals surface area contributed by atoms with Crippen molar-refractivity contribution in [3.63, 3.8) is 0 Å². The Labute approximate surface area is 235 Å². The fraction of sp³-hybridized carbons (Fsp3) is 0.514. The van der Waals surface area contributed by atoms with Crippen molar-refractivity contribution < 1.29 is 0 Å². The van der Waals surface area contributed by atoms with Crippen LogP contribution >= 0.6 is 0 Å². The second-order valence-corrected chi connectivity index (χ2v) is 19.7. The summed E-state index contributed by atoms with van der Waals surface area (Å²) >= 11 is 0. The average Bonchev–Trinajstić information content (AvgIpc) is 3.33. The molecule has 0 N–H and O–H groups in total. The third-order valence-corrected chi connectivity index (χ3v) is 14.0. The molecule has 2 atom stereocenters. The molecule has 0 fully saturated rings. The predicted molar refractivity (Wildman–Crippen MR) is 173 cm³/mol. The van der Waals surface area contributed by atoms with E-state index >= 15 is 0 Å². The van der Waals surface area contributed by atoms with Crippen molar-refractivity contribution in [1.82, 2.24) is 0 Å². The summed E-state index contributed by atoms with van der Waals surface area (Å²) in [4.78, 5) is 0. The highest BCUT2D eigenvalue weighted by atomic mass is 28.3. The highest BCUT2D eigenvalue weighted by Crippen LogP contribution is 2.51. The lowest BCUT2D eigenvalue weighted by Gasteiger charge is -2.35. The van der Waals surface area contributed by atoms with Crippen molar-refractivity contribution in [3.05, 3.63) is 86.1 Å². The largest absolute Gasteiger partial charge is 0.0880 e. The fourth-order valence-electron chi connectivity index (χ4n) is 7.32. The molecule has 0 saturated carbocycles. The van der Waals surface area contributed by atoms with Gasteiger partial charge in [-0.1, -0.05) is 134 Å². The Morgan fingerprint density at radius 2 is 1.45 bits per heavy atom. The molecule has 0 radical (unpaired) electrons. The van der Waals surface area contributed by atoms with Gasteiger partial charge in [-0.2, -0.15) is 0 Å². The Balaban J connectivity index is 1.94. The number of hydrogen-bond donors (Lipinski definition) is 0. The molecule has 2 aromatic carbocycles. The lowest BCUT2D eigenvalue weighted by molar-refractivity contribution is 0.560. The van der Waals surface area contributed by atoms with Crippen LogP contribution in [0.3, 0.4) is 0 Å². The second kappa shape index (κ2) is 9.51. The molecular formula is C37H52Si. The molecule has 2 unspecified atom stereocenters. The van der Waals surface area contributed by atoms with Crippen LogP contribution in [0, 0.1) is 5.92 Å². The summed E-state index contributed by atoms with van der Waals surface area (Å²) in [7, 11) is -1.79. The van der Waals surface area contributed by atoms with Crippen molar-refractivity contribution in [3.8, 4) is 11.1 Å². The summed E-state index contributed by atoms with van der Waals surface area (Å²) in [5.74, 6) is 1.03. The van der Waals surface area contributed by atoms with E-state index in [2.05, 4.69) is 139 Å². The van der Waals surface area contributed by atoms with Gasteiger partial charge in [-0.15, -0.1) is 0 Å². The molecule has 38 heavy (non-hydrogen) atoms. The van der Waals surface area contributed by atoms with Crippen molar-refractivity contribution >= 4 is 14.1 Å². The van der Waals surface area contributed by atoms with Crippen LogP contribution in [0.4, 0.5) is 0 Å². The molecular weight excluding hydrogens is 472 g/mol. The molecule has 0 nitrogen and oxygen atoms in total. The first-order valence-electron chi connectivity index (χ1n) is 14.8. The van der Waals surface area contributed by atoms with E-state index in [1.54, 1.807) is 21.9 Å². The van der Waals surface area contributed by atoms with Crippen LogP contribution in [0.5, 0.6) is 0 Å². The van der Waals surface area contributed by atoms with Crippen LogP contribution < -0.4 is 0 Å². The van der Waals surface area contributed by atoms with Crippen LogP contribution in [-0.2, 0) is 10.8 Å². The molecule has 0 bridgehead atoms. The van der Waals surface area contributed by atoms with Crippen molar-refractivity contribution in [2.24, 2.45) is 5.92 Å². The van der Waals surface area contributed by atoms with E-state index in [1.165, 1.54) is 39.0 Å². The van der Waals surface area contributed by atoms with Crippen molar-refractivity contribution in [2.75, 3.05) is 0 Å². The van der Waals surface area contributed by atoms with E-state index in [0.717, 1.165) is 0 Å². The third-order valence-electron chi connectivity index (χ3n) is 9.76. The highest BCUT2D eigenvalue weighted by Gasteiger charge is 2.43. The maximum absolute atomic E-state index is 2.61. The average molecular weight is 525 g/mol. The van der Waals surface area contributed by atoms with Gasteiger partial charge in [0.2, 0.25) is 0 Å². The predicted octanol–water partition coefficient (Wildman–Crippen LogP) is 11.3. The Morgan fingerprint density at radius 1 is 0.816 bits per heavy atom. The molecule has 0 aliphatic heterocycles. The van der Waals surface area contributed by atoms with E-state index in [9.17, 15) is 0 Å². The fourth-order valence-corrected chi connectivity index (χ4v) is 11.8. The molecule has 2 aliphatic carbocycles. The van der Waals surface area contributed by atoms with Gasteiger partial charge in [0.25, 0.3) is 0 Å². The van der Waals surface area contributed by atoms with Gasteiger partial charge in [-0.3, -0.25) is 0 Å². The van der Waals surface area contributed by atoms with Gasteiger partial charge in [0.15, 0.2) is 0 Å². The third kappa shape index (κ3) is 4.64. The number of fused-ring (bicyclic) bond motifs is 1. The minimum atomic E-state index is -1.79. The minimum Gasteiger partial charge on any atom is -0.0787 e. The van der Waals surface area contributed by atoms with Gasteiger partial charge < -0.3 is 0 Å². The Kier molecular flexibility index (Phi) is 7.23. The Morgan fingerprint density at radius 3 is 1.95 bits per heavy atom. The van der Waals surface area contributed by atoms with Gasteiger partial charge in [0.05, 0.1) is 8.07 Å². The summed E-state index contributed by atoms with van der Waals surface area (Å²) in [5.41, 5.74) is 15.7. The minimum absolute atomic E-state index is 0.0895. The van der Waals surface area contributed by atoms with Gasteiger partial charge in [0.1, 0.15) is 0 Å². The summed E-state index contributed by atoms with van der Waals surface area (Å²) in [6.45, 7) is 33.6. The molecule has 0 amide bonds. The lowest BCUT2D eigenvalue weighted by Crippen LogP contribution is -2.39.